The van der Waals surface area contributed by atoms with Crippen LogP contribution >= 0.6 is 24.0 Å². The van der Waals surface area contributed by atoms with Crippen LogP contribution in [-0.2, 0) is 16.4 Å². The minimum Gasteiger partial charge on any atom is -0.495 e. The Morgan fingerprint density at radius 1 is 1.19 bits per heavy atom. The third kappa shape index (κ3) is 4.98. The number of hydrogen-bond donors (Lipinski definition) is 0. The number of fused-ring (bicyclic) bond motifs is 1. The summed E-state index contributed by atoms with van der Waals surface area (Å²) in [6.07, 6.45) is 1.65. The second kappa shape index (κ2) is 9.47. The van der Waals surface area contributed by atoms with E-state index in [1.54, 1.807) is 23.1 Å². The maximum atomic E-state index is 13.8. The summed E-state index contributed by atoms with van der Waals surface area (Å²) in [5.41, 5.74) is 1.38. The van der Waals surface area contributed by atoms with Crippen LogP contribution in [0.5, 0.6) is 5.75 Å². The van der Waals surface area contributed by atoms with E-state index in [0.717, 1.165) is 5.56 Å². The van der Waals surface area contributed by atoms with Gasteiger partial charge in [0, 0.05) is 24.5 Å². The first-order valence-corrected chi connectivity index (χ1v) is 11.6. The van der Waals surface area contributed by atoms with Gasteiger partial charge in [0.15, 0.2) is 0 Å². The van der Waals surface area contributed by atoms with Crippen molar-refractivity contribution >= 4 is 44.7 Å². The largest absolute Gasteiger partial charge is 0.495 e. The van der Waals surface area contributed by atoms with Gasteiger partial charge in [0.05, 0.1) is 34.0 Å². The minimum atomic E-state index is -3.85. The van der Waals surface area contributed by atoms with E-state index in [4.69, 9.17) is 16.3 Å². The number of ether oxygens (including phenoxy) is 1. The van der Waals surface area contributed by atoms with Gasteiger partial charge in [0.25, 0.3) is 5.92 Å². The van der Waals surface area contributed by atoms with Gasteiger partial charge in [-0.25, -0.2) is 17.2 Å². The van der Waals surface area contributed by atoms with Crippen LogP contribution in [0.15, 0.2) is 58.5 Å². The molecule has 0 atom stereocenters. The quantitative estimate of drug-likeness (QED) is 0.468. The first-order chi connectivity index (χ1) is 14.7. The number of para-hydroxylation sites is 1. The van der Waals surface area contributed by atoms with Crippen LogP contribution in [-0.4, -0.2) is 44.4 Å². The molecule has 4 rings (SSSR count). The van der Waals surface area contributed by atoms with Crippen LogP contribution < -0.4 is 4.74 Å². The van der Waals surface area contributed by atoms with Crippen molar-refractivity contribution < 1.29 is 21.9 Å². The molecule has 0 N–H and O–H groups in total. The summed E-state index contributed by atoms with van der Waals surface area (Å²) >= 11 is 6.09. The summed E-state index contributed by atoms with van der Waals surface area (Å²) in [4.78, 5) is 6.16. The maximum Gasteiger partial charge on any atom is 0.260 e. The average molecular weight is 503 g/mol. The first kappa shape index (κ1) is 24.6. The molecular formula is C22H22Cl2F2N2O3S. The van der Waals surface area contributed by atoms with Crippen molar-refractivity contribution in [1.29, 1.82) is 0 Å². The predicted octanol–water partition coefficient (Wildman–Crippen LogP) is 5.38. The van der Waals surface area contributed by atoms with Crippen LogP contribution in [0.1, 0.15) is 18.4 Å². The van der Waals surface area contributed by atoms with Gasteiger partial charge in [-0.1, -0.05) is 29.8 Å². The number of aromatic nitrogens is 1. The van der Waals surface area contributed by atoms with Crippen molar-refractivity contribution in [2.75, 3.05) is 20.2 Å². The molecule has 1 aliphatic heterocycles. The van der Waals surface area contributed by atoms with Gasteiger partial charge in [-0.2, -0.15) is 0 Å². The molecule has 2 heterocycles. The zero-order valence-corrected chi connectivity index (χ0v) is 19.6. The molecule has 1 aromatic heterocycles. The number of alkyl halides is 2. The fourth-order valence-electron chi connectivity index (χ4n) is 3.85. The minimum absolute atomic E-state index is 0. The van der Waals surface area contributed by atoms with Gasteiger partial charge in [0.1, 0.15) is 5.75 Å². The third-order valence-corrected chi connectivity index (χ3v) is 7.39. The van der Waals surface area contributed by atoms with Crippen LogP contribution in [0.4, 0.5) is 8.78 Å². The van der Waals surface area contributed by atoms with Crippen molar-refractivity contribution in [1.82, 2.24) is 9.88 Å². The number of rotatable bonds is 5. The number of pyridine rings is 1. The monoisotopic (exact) mass is 502 g/mol. The molecule has 2 aromatic carbocycles. The molecule has 10 heteroatoms. The Morgan fingerprint density at radius 2 is 1.97 bits per heavy atom. The van der Waals surface area contributed by atoms with Crippen LogP contribution in [0.3, 0.4) is 0 Å². The SMILES string of the molecule is COc1ccc(S(=O)(=O)c2cnc3c(CN4CCCC(F)(F)C4)cccc3c2)cc1Cl.Cl. The van der Waals surface area contributed by atoms with E-state index >= 15 is 0 Å². The van der Waals surface area contributed by atoms with E-state index in [9.17, 15) is 17.2 Å². The molecule has 0 bridgehead atoms. The van der Waals surface area contributed by atoms with E-state index in [1.807, 2.05) is 6.07 Å². The third-order valence-electron chi connectivity index (χ3n) is 5.38. The molecule has 0 amide bonds. The average Bonchev–Trinajstić information content (AvgIpc) is 2.73. The normalized spacial score (nSPS) is 16.5. The molecule has 1 aliphatic rings. The first-order valence-electron chi connectivity index (χ1n) is 9.76. The van der Waals surface area contributed by atoms with E-state index in [0.29, 0.717) is 36.2 Å². The number of nitrogens with zero attached hydrogens (tertiary/aromatic N) is 2. The lowest BCUT2D eigenvalue weighted by Gasteiger charge is -2.32. The summed E-state index contributed by atoms with van der Waals surface area (Å²) in [5, 5.41) is 0.819. The summed E-state index contributed by atoms with van der Waals surface area (Å²) < 4.78 is 58.7. The molecule has 32 heavy (non-hydrogen) atoms. The van der Waals surface area contributed by atoms with Crippen molar-refractivity contribution in [3.05, 3.63) is 59.2 Å². The second-order valence-electron chi connectivity index (χ2n) is 7.63. The Hall–Kier alpha value is -2.00. The van der Waals surface area contributed by atoms with Crippen LogP contribution in [0.25, 0.3) is 10.9 Å². The molecule has 0 saturated carbocycles. The number of benzene rings is 2. The number of piperidine rings is 1. The standard InChI is InChI=1S/C22H21ClF2N2O3S.ClH/c1-30-20-7-6-17(11-19(20)23)31(28,29)18-10-15-4-2-5-16(21(15)26-12-18)13-27-9-3-8-22(24,25)14-27;/h2,4-7,10-12H,3,8-9,13-14H2,1H3;1H. The number of halogens is 4. The molecule has 0 radical (unpaired) electrons. The van der Waals surface area contributed by atoms with Gasteiger partial charge >= 0.3 is 0 Å². The summed E-state index contributed by atoms with van der Waals surface area (Å²) in [7, 11) is -2.40. The van der Waals surface area contributed by atoms with Crippen molar-refractivity contribution in [2.45, 2.75) is 35.1 Å². The fraction of sp³-hybridized carbons (Fsp3) is 0.318. The number of likely N-dealkylation sites (tertiary alicyclic amines) is 1. The summed E-state index contributed by atoms with van der Waals surface area (Å²) in [6, 6.07) is 11.2. The zero-order valence-electron chi connectivity index (χ0n) is 17.2. The molecule has 0 spiro atoms. The molecule has 1 fully saturated rings. The van der Waals surface area contributed by atoms with Crippen molar-refractivity contribution in [3.8, 4) is 5.75 Å². The Morgan fingerprint density at radius 3 is 2.66 bits per heavy atom. The highest BCUT2D eigenvalue weighted by Gasteiger charge is 2.35. The topological polar surface area (TPSA) is 59.5 Å². The lowest BCUT2D eigenvalue weighted by molar-refractivity contribution is -0.0660. The van der Waals surface area contributed by atoms with Crippen molar-refractivity contribution in [3.63, 3.8) is 0 Å². The highest BCUT2D eigenvalue weighted by Crippen LogP contribution is 2.32. The molecule has 3 aromatic rings. The van der Waals surface area contributed by atoms with E-state index < -0.39 is 15.8 Å². The van der Waals surface area contributed by atoms with Gasteiger partial charge in [-0.15, -0.1) is 12.4 Å². The second-order valence-corrected chi connectivity index (χ2v) is 9.99. The molecule has 0 aliphatic carbocycles. The summed E-state index contributed by atoms with van der Waals surface area (Å²) in [6.45, 7) is 0.644. The van der Waals surface area contributed by atoms with Gasteiger partial charge in [-0.3, -0.25) is 9.88 Å². The molecule has 0 unspecified atom stereocenters. The lowest BCUT2D eigenvalue weighted by atomic mass is 10.0. The number of sulfone groups is 1. The maximum absolute atomic E-state index is 13.8. The van der Waals surface area contributed by atoms with Crippen LogP contribution in [0, 0.1) is 0 Å². The Kier molecular flexibility index (Phi) is 7.29. The van der Waals surface area contributed by atoms with Crippen molar-refractivity contribution in [2.24, 2.45) is 0 Å². The highest BCUT2D eigenvalue weighted by atomic mass is 35.5. The number of methoxy groups -OCH3 is 1. The lowest BCUT2D eigenvalue weighted by Crippen LogP contribution is -2.42. The Bertz CT molecular complexity index is 1240. The van der Waals surface area contributed by atoms with E-state index in [-0.39, 0.29) is 40.2 Å². The smallest absolute Gasteiger partial charge is 0.260 e. The van der Waals surface area contributed by atoms with Gasteiger partial charge in [-0.05, 0) is 42.8 Å². The molecule has 172 valence electrons. The molecule has 5 nitrogen and oxygen atoms in total. The van der Waals surface area contributed by atoms with Gasteiger partial charge < -0.3 is 4.74 Å². The Balaban J connectivity index is 0.00000289. The Labute approximate surface area is 196 Å². The number of hydrogen-bond acceptors (Lipinski definition) is 5. The van der Waals surface area contributed by atoms with Gasteiger partial charge in [0.2, 0.25) is 9.84 Å². The molecular weight excluding hydrogens is 481 g/mol. The zero-order chi connectivity index (χ0) is 22.2. The summed E-state index contributed by atoms with van der Waals surface area (Å²) in [5.74, 6) is -2.30. The highest BCUT2D eigenvalue weighted by molar-refractivity contribution is 7.91. The van der Waals surface area contributed by atoms with E-state index in [2.05, 4.69) is 4.98 Å². The molecule has 1 saturated heterocycles. The van der Waals surface area contributed by atoms with E-state index in [1.165, 1.54) is 31.5 Å². The fourth-order valence-corrected chi connectivity index (χ4v) is 5.44. The van der Waals surface area contributed by atoms with Crippen LogP contribution in [0.2, 0.25) is 5.02 Å². The predicted molar refractivity (Wildman–Crippen MR) is 122 cm³/mol.